The molecule has 3 N–H and O–H groups in total. The van der Waals surface area contributed by atoms with E-state index in [4.69, 9.17) is 5.11 Å². The molecule has 1 heterocycles. The first-order valence-electron chi connectivity index (χ1n) is 4.93. The van der Waals surface area contributed by atoms with Crippen molar-refractivity contribution in [3.63, 3.8) is 0 Å². The van der Waals surface area contributed by atoms with Gasteiger partial charge in [-0.25, -0.2) is 4.98 Å². The van der Waals surface area contributed by atoms with Gasteiger partial charge in [0.2, 0.25) is 0 Å². The fourth-order valence-corrected chi connectivity index (χ4v) is 1.31. The van der Waals surface area contributed by atoms with E-state index in [1.54, 1.807) is 6.33 Å². The Morgan fingerprint density at radius 2 is 2.36 bits per heavy atom. The van der Waals surface area contributed by atoms with Gasteiger partial charge in [-0.3, -0.25) is 0 Å². The molecule has 0 radical (unpaired) electrons. The predicted octanol–water partition coefficient (Wildman–Crippen LogP) is 0.908. The Morgan fingerprint density at radius 1 is 1.57 bits per heavy atom. The zero-order valence-electron chi connectivity index (χ0n) is 8.88. The second kappa shape index (κ2) is 5.12. The van der Waals surface area contributed by atoms with E-state index in [0.29, 0.717) is 0 Å². The SMILES string of the molecule is CC(C)(CCO)CNCc1cnc[nH]1. The Bertz CT molecular complexity index is 244. The number of aromatic amines is 1. The molecule has 0 fully saturated rings. The summed E-state index contributed by atoms with van der Waals surface area (Å²) in [6.45, 7) is 6.23. The van der Waals surface area contributed by atoms with Gasteiger partial charge < -0.3 is 15.4 Å². The molecule has 0 unspecified atom stereocenters. The summed E-state index contributed by atoms with van der Waals surface area (Å²) < 4.78 is 0. The van der Waals surface area contributed by atoms with Crippen molar-refractivity contribution in [3.05, 3.63) is 18.2 Å². The number of aliphatic hydroxyl groups excluding tert-OH is 1. The first-order valence-corrected chi connectivity index (χ1v) is 4.93. The number of imidazole rings is 1. The average Bonchev–Trinajstić information content (AvgIpc) is 2.56. The Kier molecular flexibility index (Phi) is 4.10. The van der Waals surface area contributed by atoms with Gasteiger partial charge in [0, 0.05) is 31.6 Å². The normalized spacial score (nSPS) is 11.9. The highest BCUT2D eigenvalue weighted by Gasteiger charge is 2.16. The number of rotatable bonds is 6. The maximum atomic E-state index is 8.84. The third kappa shape index (κ3) is 3.89. The average molecular weight is 197 g/mol. The van der Waals surface area contributed by atoms with Crippen LogP contribution in [0.5, 0.6) is 0 Å². The van der Waals surface area contributed by atoms with Gasteiger partial charge in [-0.05, 0) is 11.8 Å². The van der Waals surface area contributed by atoms with Gasteiger partial charge in [0.1, 0.15) is 0 Å². The smallest absolute Gasteiger partial charge is 0.0922 e. The summed E-state index contributed by atoms with van der Waals surface area (Å²) >= 11 is 0. The van der Waals surface area contributed by atoms with E-state index in [2.05, 4.69) is 29.1 Å². The largest absolute Gasteiger partial charge is 0.396 e. The van der Waals surface area contributed by atoms with E-state index >= 15 is 0 Å². The van der Waals surface area contributed by atoms with E-state index in [1.165, 1.54) is 0 Å². The lowest BCUT2D eigenvalue weighted by molar-refractivity contribution is 0.207. The van der Waals surface area contributed by atoms with Crippen LogP contribution in [0.15, 0.2) is 12.5 Å². The minimum Gasteiger partial charge on any atom is -0.396 e. The molecule has 0 saturated heterocycles. The number of aliphatic hydroxyl groups is 1. The Hall–Kier alpha value is -0.870. The van der Waals surface area contributed by atoms with Crippen LogP contribution in [0, 0.1) is 5.41 Å². The minimum atomic E-state index is 0.148. The van der Waals surface area contributed by atoms with Gasteiger partial charge >= 0.3 is 0 Å². The van der Waals surface area contributed by atoms with Crippen molar-refractivity contribution in [2.24, 2.45) is 5.41 Å². The van der Waals surface area contributed by atoms with Gasteiger partial charge in [-0.15, -0.1) is 0 Å². The van der Waals surface area contributed by atoms with Gasteiger partial charge in [-0.1, -0.05) is 13.8 Å². The standard InChI is InChI=1S/C10H19N3O/c1-10(2,3-4-14)7-11-5-9-6-12-8-13-9/h6,8,11,14H,3-5,7H2,1-2H3,(H,12,13). The second-order valence-corrected chi connectivity index (χ2v) is 4.32. The fourth-order valence-electron chi connectivity index (χ4n) is 1.31. The van der Waals surface area contributed by atoms with Crippen LogP contribution in [0.3, 0.4) is 0 Å². The summed E-state index contributed by atoms with van der Waals surface area (Å²) in [6.07, 6.45) is 4.31. The van der Waals surface area contributed by atoms with Crippen LogP contribution in [0.25, 0.3) is 0 Å². The molecule has 0 aromatic carbocycles. The molecular formula is C10H19N3O. The molecular weight excluding hydrogens is 178 g/mol. The molecule has 1 rings (SSSR count). The highest BCUT2D eigenvalue weighted by molar-refractivity contribution is 4.93. The van der Waals surface area contributed by atoms with Crippen molar-refractivity contribution in [2.45, 2.75) is 26.8 Å². The van der Waals surface area contributed by atoms with Crippen molar-refractivity contribution >= 4 is 0 Å². The van der Waals surface area contributed by atoms with Crippen molar-refractivity contribution in [1.82, 2.24) is 15.3 Å². The lowest BCUT2D eigenvalue weighted by Gasteiger charge is -2.23. The van der Waals surface area contributed by atoms with Crippen LogP contribution in [-0.2, 0) is 6.54 Å². The monoisotopic (exact) mass is 197 g/mol. The van der Waals surface area contributed by atoms with Crippen molar-refractivity contribution in [2.75, 3.05) is 13.2 Å². The number of hydrogen-bond donors (Lipinski definition) is 3. The molecule has 0 aliphatic heterocycles. The Balaban J connectivity index is 2.20. The lowest BCUT2D eigenvalue weighted by Crippen LogP contribution is -2.29. The molecule has 0 atom stereocenters. The number of nitrogens with zero attached hydrogens (tertiary/aromatic N) is 1. The summed E-state index contributed by atoms with van der Waals surface area (Å²) in [4.78, 5) is 6.97. The zero-order chi connectivity index (χ0) is 10.4. The first kappa shape index (κ1) is 11.2. The Labute approximate surface area is 84.8 Å². The molecule has 0 amide bonds. The molecule has 1 aromatic heterocycles. The number of hydrogen-bond acceptors (Lipinski definition) is 3. The highest BCUT2D eigenvalue weighted by atomic mass is 16.3. The van der Waals surface area contributed by atoms with E-state index in [1.807, 2.05) is 6.20 Å². The quantitative estimate of drug-likeness (QED) is 0.635. The molecule has 80 valence electrons. The van der Waals surface area contributed by atoms with Crippen molar-refractivity contribution < 1.29 is 5.11 Å². The second-order valence-electron chi connectivity index (χ2n) is 4.32. The third-order valence-electron chi connectivity index (χ3n) is 2.26. The van der Waals surface area contributed by atoms with E-state index in [-0.39, 0.29) is 12.0 Å². The van der Waals surface area contributed by atoms with Crippen LogP contribution >= 0.6 is 0 Å². The highest BCUT2D eigenvalue weighted by Crippen LogP contribution is 2.17. The lowest BCUT2D eigenvalue weighted by atomic mass is 9.90. The first-order chi connectivity index (χ1) is 6.64. The molecule has 0 aliphatic carbocycles. The zero-order valence-corrected chi connectivity index (χ0v) is 8.88. The maximum absolute atomic E-state index is 8.84. The van der Waals surface area contributed by atoms with E-state index in [9.17, 15) is 0 Å². The Morgan fingerprint density at radius 3 is 2.93 bits per heavy atom. The predicted molar refractivity (Wildman–Crippen MR) is 55.8 cm³/mol. The molecule has 0 saturated carbocycles. The van der Waals surface area contributed by atoms with E-state index in [0.717, 1.165) is 25.2 Å². The molecule has 14 heavy (non-hydrogen) atoms. The van der Waals surface area contributed by atoms with Gasteiger partial charge in [-0.2, -0.15) is 0 Å². The van der Waals surface area contributed by atoms with Gasteiger partial charge in [0.15, 0.2) is 0 Å². The molecule has 4 heteroatoms. The summed E-state index contributed by atoms with van der Waals surface area (Å²) in [5.41, 5.74) is 1.24. The van der Waals surface area contributed by atoms with Crippen LogP contribution in [0.1, 0.15) is 26.0 Å². The van der Waals surface area contributed by atoms with Crippen molar-refractivity contribution in [1.29, 1.82) is 0 Å². The number of aromatic nitrogens is 2. The summed E-state index contributed by atoms with van der Waals surface area (Å²) in [5, 5.41) is 12.2. The van der Waals surface area contributed by atoms with E-state index < -0.39 is 0 Å². The molecule has 0 spiro atoms. The minimum absolute atomic E-state index is 0.148. The fraction of sp³-hybridized carbons (Fsp3) is 0.700. The molecule has 1 aromatic rings. The van der Waals surface area contributed by atoms with Gasteiger partial charge in [0.05, 0.1) is 6.33 Å². The van der Waals surface area contributed by atoms with Crippen molar-refractivity contribution in [3.8, 4) is 0 Å². The maximum Gasteiger partial charge on any atom is 0.0922 e. The van der Waals surface area contributed by atoms with Crippen LogP contribution in [0.4, 0.5) is 0 Å². The third-order valence-corrected chi connectivity index (χ3v) is 2.26. The molecule has 4 nitrogen and oxygen atoms in total. The van der Waals surface area contributed by atoms with Crippen LogP contribution in [0.2, 0.25) is 0 Å². The van der Waals surface area contributed by atoms with Crippen LogP contribution < -0.4 is 5.32 Å². The summed E-state index contributed by atoms with van der Waals surface area (Å²) in [7, 11) is 0. The molecule has 0 aliphatic rings. The number of nitrogens with one attached hydrogen (secondary N) is 2. The topological polar surface area (TPSA) is 60.9 Å². The summed E-state index contributed by atoms with van der Waals surface area (Å²) in [5.74, 6) is 0. The van der Waals surface area contributed by atoms with Crippen LogP contribution in [-0.4, -0.2) is 28.2 Å². The van der Waals surface area contributed by atoms with Gasteiger partial charge in [0.25, 0.3) is 0 Å². The summed E-state index contributed by atoms with van der Waals surface area (Å²) in [6, 6.07) is 0. The number of H-pyrrole nitrogens is 1. The molecule has 0 bridgehead atoms.